The smallest absolute Gasteiger partial charge is 0.274 e. The van der Waals surface area contributed by atoms with Gasteiger partial charge in [-0.2, -0.15) is 0 Å². The van der Waals surface area contributed by atoms with E-state index in [0.29, 0.717) is 12.1 Å². The molecule has 2 rings (SSSR count). The van der Waals surface area contributed by atoms with Gasteiger partial charge in [-0.1, -0.05) is 31.7 Å². The Kier molecular flexibility index (Phi) is 4.60. The number of nitrogens with zero attached hydrogens (tertiary/aromatic N) is 1. The minimum atomic E-state index is -0.687. The number of rotatable bonds is 4. The van der Waals surface area contributed by atoms with Crippen molar-refractivity contribution in [3.63, 3.8) is 0 Å². The first-order valence-corrected chi connectivity index (χ1v) is 7.22. The van der Waals surface area contributed by atoms with Crippen molar-refractivity contribution in [2.24, 2.45) is 0 Å². The van der Waals surface area contributed by atoms with Crippen LogP contribution in [0, 0.1) is 17.0 Å². The summed E-state index contributed by atoms with van der Waals surface area (Å²) in [6, 6.07) is 4.99. The third kappa shape index (κ3) is 3.48. The Labute approximate surface area is 119 Å². The number of nitro benzene ring substituents is 1. The highest BCUT2D eigenvalue weighted by molar-refractivity contribution is 5.59. The van der Waals surface area contributed by atoms with Crippen molar-refractivity contribution in [2.75, 3.05) is 11.9 Å². The van der Waals surface area contributed by atoms with Crippen molar-refractivity contribution in [1.29, 1.82) is 0 Å². The largest absolute Gasteiger partial charge is 0.388 e. The molecule has 1 saturated carbocycles. The van der Waals surface area contributed by atoms with Gasteiger partial charge in [0.05, 0.1) is 10.5 Å². The predicted molar refractivity (Wildman–Crippen MR) is 79.0 cm³/mol. The number of nitro groups is 1. The molecule has 0 atom stereocenters. The van der Waals surface area contributed by atoms with Crippen molar-refractivity contribution in [3.05, 3.63) is 33.9 Å². The van der Waals surface area contributed by atoms with Gasteiger partial charge >= 0.3 is 0 Å². The van der Waals surface area contributed by atoms with Crippen LogP contribution in [0.25, 0.3) is 0 Å². The van der Waals surface area contributed by atoms with Crippen LogP contribution in [0.1, 0.15) is 44.1 Å². The van der Waals surface area contributed by atoms with Crippen molar-refractivity contribution in [2.45, 2.75) is 51.0 Å². The summed E-state index contributed by atoms with van der Waals surface area (Å²) in [6.45, 7) is 2.19. The third-order valence-corrected chi connectivity index (χ3v) is 4.14. The summed E-state index contributed by atoms with van der Waals surface area (Å²) in [5, 5.41) is 24.7. The van der Waals surface area contributed by atoms with Crippen LogP contribution in [-0.4, -0.2) is 22.2 Å². The number of anilines is 1. The fraction of sp³-hybridized carbons (Fsp3) is 0.600. The molecule has 1 aromatic carbocycles. The molecule has 110 valence electrons. The fourth-order valence-corrected chi connectivity index (χ4v) is 2.84. The minimum Gasteiger partial charge on any atom is -0.388 e. The van der Waals surface area contributed by atoms with Gasteiger partial charge in [-0.3, -0.25) is 10.1 Å². The minimum absolute atomic E-state index is 0.114. The van der Waals surface area contributed by atoms with Crippen molar-refractivity contribution in [1.82, 2.24) is 0 Å². The van der Waals surface area contributed by atoms with Crippen LogP contribution in [0.3, 0.4) is 0 Å². The van der Waals surface area contributed by atoms with Gasteiger partial charge in [0, 0.05) is 23.9 Å². The molecule has 1 aliphatic rings. The average Bonchev–Trinajstić information content (AvgIpc) is 2.63. The number of benzene rings is 1. The lowest BCUT2D eigenvalue weighted by Crippen LogP contribution is -2.36. The van der Waals surface area contributed by atoms with E-state index in [1.807, 2.05) is 6.07 Å². The summed E-state index contributed by atoms with van der Waals surface area (Å²) in [5.41, 5.74) is 0.780. The van der Waals surface area contributed by atoms with Gasteiger partial charge in [0.1, 0.15) is 0 Å². The Balaban J connectivity index is 2.07. The van der Waals surface area contributed by atoms with E-state index in [2.05, 4.69) is 5.32 Å². The summed E-state index contributed by atoms with van der Waals surface area (Å²) in [4.78, 5) is 10.5. The average molecular weight is 278 g/mol. The molecule has 0 amide bonds. The molecule has 5 nitrogen and oxygen atoms in total. The van der Waals surface area contributed by atoms with Crippen LogP contribution in [0.5, 0.6) is 0 Å². The molecular formula is C15H22N2O3. The maximum absolute atomic E-state index is 10.9. The predicted octanol–water partition coefficient (Wildman–Crippen LogP) is 3.40. The van der Waals surface area contributed by atoms with E-state index in [0.717, 1.165) is 31.4 Å². The van der Waals surface area contributed by atoms with Crippen molar-refractivity contribution >= 4 is 11.4 Å². The molecule has 0 unspecified atom stereocenters. The molecule has 20 heavy (non-hydrogen) atoms. The molecule has 1 aromatic rings. The Morgan fingerprint density at radius 1 is 1.30 bits per heavy atom. The van der Waals surface area contributed by atoms with Crippen LogP contribution in [-0.2, 0) is 0 Å². The lowest BCUT2D eigenvalue weighted by Gasteiger charge is -2.27. The van der Waals surface area contributed by atoms with E-state index in [4.69, 9.17) is 0 Å². The third-order valence-electron chi connectivity index (χ3n) is 4.14. The standard InChI is InChI=1S/C15H22N2O3/c1-12-13(7-6-8-14(12)17(19)20)16-11-15(18)9-4-2-3-5-10-15/h6-8,16,18H,2-5,9-11H2,1H3. The van der Waals surface area contributed by atoms with E-state index < -0.39 is 5.60 Å². The monoisotopic (exact) mass is 278 g/mol. The van der Waals surface area contributed by atoms with Crippen LogP contribution in [0.15, 0.2) is 18.2 Å². The van der Waals surface area contributed by atoms with Gasteiger partial charge in [-0.05, 0) is 25.8 Å². The highest BCUT2D eigenvalue weighted by Crippen LogP contribution is 2.29. The van der Waals surface area contributed by atoms with Crippen LogP contribution in [0.2, 0.25) is 0 Å². The zero-order valence-electron chi connectivity index (χ0n) is 11.9. The highest BCUT2D eigenvalue weighted by Gasteiger charge is 2.28. The number of nitrogens with one attached hydrogen (secondary N) is 1. The molecule has 0 radical (unpaired) electrons. The van der Waals surface area contributed by atoms with E-state index in [1.165, 1.54) is 18.9 Å². The maximum atomic E-state index is 10.9. The van der Waals surface area contributed by atoms with E-state index >= 15 is 0 Å². The second kappa shape index (κ2) is 6.22. The summed E-state index contributed by atoms with van der Waals surface area (Å²) in [7, 11) is 0. The van der Waals surface area contributed by atoms with Crippen molar-refractivity contribution < 1.29 is 10.0 Å². The first-order valence-electron chi connectivity index (χ1n) is 7.22. The van der Waals surface area contributed by atoms with Gasteiger partial charge in [-0.15, -0.1) is 0 Å². The highest BCUT2D eigenvalue weighted by atomic mass is 16.6. The maximum Gasteiger partial charge on any atom is 0.274 e. The Morgan fingerprint density at radius 2 is 1.95 bits per heavy atom. The number of aliphatic hydroxyl groups is 1. The normalized spacial score (nSPS) is 18.3. The molecule has 0 aromatic heterocycles. The zero-order chi connectivity index (χ0) is 14.6. The van der Waals surface area contributed by atoms with Crippen LogP contribution in [0.4, 0.5) is 11.4 Å². The van der Waals surface area contributed by atoms with Gasteiger partial charge in [0.15, 0.2) is 0 Å². The molecule has 0 saturated heterocycles. The lowest BCUT2D eigenvalue weighted by atomic mass is 9.94. The number of hydrogen-bond donors (Lipinski definition) is 2. The second-order valence-electron chi connectivity index (χ2n) is 5.70. The fourth-order valence-electron chi connectivity index (χ4n) is 2.84. The Bertz CT molecular complexity index is 480. The van der Waals surface area contributed by atoms with Crippen LogP contribution >= 0.6 is 0 Å². The van der Waals surface area contributed by atoms with E-state index in [9.17, 15) is 15.2 Å². The summed E-state index contributed by atoms with van der Waals surface area (Å²) >= 11 is 0. The Hall–Kier alpha value is -1.62. The summed E-state index contributed by atoms with van der Waals surface area (Å²) < 4.78 is 0. The molecule has 5 heteroatoms. The zero-order valence-corrected chi connectivity index (χ0v) is 11.9. The first kappa shape index (κ1) is 14.8. The van der Waals surface area contributed by atoms with E-state index in [-0.39, 0.29) is 10.6 Å². The van der Waals surface area contributed by atoms with E-state index in [1.54, 1.807) is 13.0 Å². The molecule has 0 aliphatic heterocycles. The van der Waals surface area contributed by atoms with Gasteiger partial charge in [0.25, 0.3) is 5.69 Å². The molecule has 0 spiro atoms. The quantitative estimate of drug-likeness (QED) is 0.503. The summed E-state index contributed by atoms with van der Waals surface area (Å²) in [6.07, 6.45) is 6.05. The van der Waals surface area contributed by atoms with Gasteiger partial charge in [-0.25, -0.2) is 0 Å². The summed E-state index contributed by atoms with van der Waals surface area (Å²) in [5.74, 6) is 0. The molecular weight excluding hydrogens is 256 g/mol. The number of hydrogen-bond acceptors (Lipinski definition) is 4. The first-order chi connectivity index (χ1) is 9.52. The van der Waals surface area contributed by atoms with Gasteiger partial charge in [0.2, 0.25) is 0 Å². The lowest BCUT2D eigenvalue weighted by molar-refractivity contribution is -0.385. The molecule has 0 bridgehead atoms. The SMILES string of the molecule is Cc1c(NCC2(O)CCCCCC2)cccc1[N+](=O)[O-]. The molecule has 1 aliphatic carbocycles. The second-order valence-corrected chi connectivity index (χ2v) is 5.70. The van der Waals surface area contributed by atoms with Gasteiger partial charge < -0.3 is 10.4 Å². The Morgan fingerprint density at radius 3 is 2.55 bits per heavy atom. The molecule has 2 N–H and O–H groups in total. The van der Waals surface area contributed by atoms with Crippen molar-refractivity contribution in [3.8, 4) is 0 Å². The topological polar surface area (TPSA) is 75.4 Å². The molecule has 1 fully saturated rings. The molecule has 0 heterocycles. The van der Waals surface area contributed by atoms with Crippen LogP contribution < -0.4 is 5.32 Å².